The standard InChI is InChI=1S/C16H24FN3S2.HI/c1-18-16(20-12-7-8-13(11-12)21-2)19-9-10-22-15-6-4-3-5-14(15)17;/h3-6,12-13H,7-11H2,1-2H3,(H2,18,19,20);1H. The minimum atomic E-state index is -0.149. The van der Waals surface area contributed by atoms with E-state index in [4.69, 9.17) is 0 Å². The summed E-state index contributed by atoms with van der Waals surface area (Å²) in [5.41, 5.74) is 0. The molecule has 2 atom stereocenters. The Morgan fingerprint density at radius 1 is 1.35 bits per heavy atom. The lowest BCUT2D eigenvalue weighted by atomic mass is 10.2. The van der Waals surface area contributed by atoms with Crippen molar-refractivity contribution in [3.05, 3.63) is 30.1 Å². The van der Waals surface area contributed by atoms with E-state index in [1.807, 2.05) is 23.9 Å². The van der Waals surface area contributed by atoms with Crippen LogP contribution in [0.5, 0.6) is 0 Å². The molecule has 1 saturated carbocycles. The fourth-order valence-corrected chi connectivity index (χ4v) is 4.17. The third-order valence-electron chi connectivity index (χ3n) is 3.77. The largest absolute Gasteiger partial charge is 0.356 e. The first-order valence-electron chi connectivity index (χ1n) is 7.60. The number of halogens is 2. The SMILES string of the molecule is CN=C(NCCSc1ccccc1F)NC1CCC(SC)C1.I. The molecule has 0 radical (unpaired) electrons. The summed E-state index contributed by atoms with van der Waals surface area (Å²) in [5, 5.41) is 7.56. The molecule has 0 bridgehead atoms. The maximum atomic E-state index is 13.5. The predicted molar refractivity (Wildman–Crippen MR) is 112 cm³/mol. The van der Waals surface area contributed by atoms with Gasteiger partial charge in [0, 0.05) is 35.5 Å². The lowest BCUT2D eigenvalue weighted by Gasteiger charge is -2.17. The number of aliphatic imine (C=N–C) groups is 1. The number of hydrogen-bond acceptors (Lipinski definition) is 3. The maximum Gasteiger partial charge on any atom is 0.191 e. The van der Waals surface area contributed by atoms with Gasteiger partial charge in [-0.2, -0.15) is 11.8 Å². The molecule has 23 heavy (non-hydrogen) atoms. The summed E-state index contributed by atoms with van der Waals surface area (Å²) in [7, 11) is 1.79. The van der Waals surface area contributed by atoms with Crippen molar-refractivity contribution in [2.45, 2.75) is 35.4 Å². The lowest BCUT2D eigenvalue weighted by molar-refractivity contribution is 0.602. The molecule has 1 aromatic carbocycles. The van der Waals surface area contributed by atoms with Gasteiger partial charge in [-0.15, -0.1) is 35.7 Å². The van der Waals surface area contributed by atoms with Crippen LogP contribution in [-0.4, -0.2) is 42.9 Å². The molecule has 0 saturated heterocycles. The summed E-state index contributed by atoms with van der Waals surface area (Å²) >= 11 is 3.47. The summed E-state index contributed by atoms with van der Waals surface area (Å²) < 4.78 is 13.5. The highest BCUT2D eigenvalue weighted by atomic mass is 127. The second-order valence-corrected chi connectivity index (χ2v) is 7.56. The molecular weight excluding hydrogens is 444 g/mol. The normalized spacial score (nSPS) is 20.9. The van der Waals surface area contributed by atoms with Gasteiger partial charge in [0.1, 0.15) is 5.82 Å². The van der Waals surface area contributed by atoms with Gasteiger partial charge in [-0.3, -0.25) is 4.99 Å². The molecule has 1 aliphatic rings. The maximum absolute atomic E-state index is 13.5. The Morgan fingerprint density at radius 2 is 2.13 bits per heavy atom. The molecule has 2 N–H and O–H groups in total. The van der Waals surface area contributed by atoms with Gasteiger partial charge in [-0.25, -0.2) is 4.39 Å². The molecule has 7 heteroatoms. The van der Waals surface area contributed by atoms with Crippen LogP contribution < -0.4 is 10.6 Å². The molecule has 0 amide bonds. The van der Waals surface area contributed by atoms with Gasteiger partial charge in [-0.05, 0) is 37.7 Å². The predicted octanol–water partition coefficient (Wildman–Crippen LogP) is 3.98. The zero-order chi connectivity index (χ0) is 15.8. The quantitative estimate of drug-likeness (QED) is 0.217. The highest BCUT2D eigenvalue weighted by Gasteiger charge is 2.24. The number of nitrogens with zero attached hydrogens (tertiary/aromatic N) is 1. The third-order valence-corrected chi connectivity index (χ3v) is 5.92. The summed E-state index contributed by atoms with van der Waals surface area (Å²) in [6, 6.07) is 7.41. The average molecular weight is 469 g/mol. The van der Waals surface area contributed by atoms with Crippen molar-refractivity contribution < 1.29 is 4.39 Å². The smallest absolute Gasteiger partial charge is 0.191 e. The Labute approximate surface area is 164 Å². The Kier molecular flexibility index (Phi) is 10.4. The van der Waals surface area contributed by atoms with Gasteiger partial charge >= 0.3 is 0 Å². The topological polar surface area (TPSA) is 36.4 Å². The Morgan fingerprint density at radius 3 is 2.78 bits per heavy atom. The lowest BCUT2D eigenvalue weighted by Crippen LogP contribution is -2.43. The number of rotatable bonds is 6. The van der Waals surface area contributed by atoms with E-state index >= 15 is 0 Å². The first-order chi connectivity index (χ1) is 10.7. The van der Waals surface area contributed by atoms with E-state index in [1.54, 1.807) is 13.1 Å². The zero-order valence-electron chi connectivity index (χ0n) is 13.5. The molecule has 0 aliphatic heterocycles. The van der Waals surface area contributed by atoms with Crippen LogP contribution in [-0.2, 0) is 0 Å². The van der Waals surface area contributed by atoms with Crippen LogP contribution in [0.15, 0.2) is 34.2 Å². The molecule has 2 unspecified atom stereocenters. The first kappa shape index (κ1) is 20.9. The van der Waals surface area contributed by atoms with Crippen molar-refractivity contribution in [1.29, 1.82) is 0 Å². The fourth-order valence-electron chi connectivity index (χ4n) is 2.57. The van der Waals surface area contributed by atoms with Crippen LogP contribution in [0.3, 0.4) is 0 Å². The van der Waals surface area contributed by atoms with Crippen molar-refractivity contribution in [1.82, 2.24) is 10.6 Å². The summed E-state index contributed by atoms with van der Waals surface area (Å²) in [4.78, 5) is 4.97. The molecule has 1 aromatic rings. The molecule has 3 nitrogen and oxygen atoms in total. The van der Waals surface area contributed by atoms with Crippen LogP contribution in [0.2, 0.25) is 0 Å². The Bertz CT molecular complexity index is 502. The van der Waals surface area contributed by atoms with E-state index in [-0.39, 0.29) is 29.8 Å². The van der Waals surface area contributed by atoms with Crippen LogP contribution in [0, 0.1) is 5.82 Å². The van der Waals surface area contributed by atoms with Crippen molar-refractivity contribution in [2.75, 3.05) is 25.6 Å². The number of hydrogen-bond donors (Lipinski definition) is 2. The highest BCUT2D eigenvalue weighted by Crippen LogP contribution is 2.28. The van der Waals surface area contributed by atoms with Crippen LogP contribution in [0.25, 0.3) is 0 Å². The number of benzene rings is 1. The van der Waals surface area contributed by atoms with E-state index in [0.717, 1.165) is 23.5 Å². The Hall–Kier alpha value is -0.150. The van der Waals surface area contributed by atoms with Crippen molar-refractivity contribution in [2.24, 2.45) is 4.99 Å². The van der Waals surface area contributed by atoms with Crippen molar-refractivity contribution in [3.8, 4) is 0 Å². The van der Waals surface area contributed by atoms with Gasteiger partial charge in [0.05, 0.1) is 0 Å². The monoisotopic (exact) mass is 469 g/mol. The first-order valence-corrected chi connectivity index (χ1v) is 9.87. The molecule has 130 valence electrons. The molecule has 1 fully saturated rings. The minimum Gasteiger partial charge on any atom is -0.356 e. The Balaban J connectivity index is 0.00000264. The fraction of sp³-hybridized carbons (Fsp3) is 0.562. The summed E-state index contributed by atoms with van der Waals surface area (Å²) in [6.07, 6.45) is 5.86. The van der Waals surface area contributed by atoms with Crippen LogP contribution >= 0.6 is 47.5 Å². The van der Waals surface area contributed by atoms with Crippen LogP contribution in [0.4, 0.5) is 4.39 Å². The second kappa shape index (κ2) is 11.4. The van der Waals surface area contributed by atoms with Gasteiger partial charge in [0.15, 0.2) is 5.96 Å². The molecule has 0 heterocycles. The highest BCUT2D eigenvalue weighted by molar-refractivity contribution is 14.0. The average Bonchev–Trinajstić information content (AvgIpc) is 2.99. The van der Waals surface area contributed by atoms with E-state index in [2.05, 4.69) is 21.9 Å². The zero-order valence-corrected chi connectivity index (χ0v) is 17.5. The van der Waals surface area contributed by atoms with E-state index < -0.39 is 0 Å². The third kappa shape index (κ3) is 7.09. The van der Waals surface area contributed by atoms with E-state index in [1.165, 1.54) is 37.1 Å². The summed E-state index contributed by atoms with van der Waals surface area (Å²) in [6.45, 7) is 0.761. The molecule has 1 aliphatic carbocycles. The number of nitrogens with one attached hydrogen (secondary N) is 2. The molecule has 2 rings (SSSR count). The van der Waals surface area contributed by atoms with E-state index in [9.17, 15) is 4.39 Å². The van der Waals surface area contributed by atoms with Gasteiger partial charge in [0.2, 0.25) is 0 Å². The molecular formula is C16H25FIN3S2. The second-order valence-electron chi connectivity index (χ2n) is 5.29. The van der Waals surface area contributed by atoms with Crippen molar-refractivity contribution >= 4 is 53.5 Å². The number of guanidine groups is 1. The summed E-state index contributed by atoms with van der Waals surface area (Å²) in [5.74, 6) is 1.50. The molecule has 0 aromatic heterocycles. The number of thioether (sulfide) groups is 2. The van der Waals surface area contributed by atoms with Gasteiger partial charge in [0.25, 0.3) is 0 Å². The van der Waals surface area contributed by atoms with E-state index in [0.29, 0.717) is 10.9 Å². The minimum absolute atomic E-state index is 0. The van der Waals surface area contributed by atoms with Crippen molar-refractivity contribution in [3.63, 3.8) is 0 Å². The van der Waals surface area contributed by atoms with Crippen LogP contribution in [0.1, 0.15) is 19.3 Å². The van der Waals surface area contributed by atoms with Gasteiger partial charge < -0.3 is 10.6 Å². The molecule has 0 spiro atoms. The van der Waals surface area contributed by atoms with Gasteiger partial charge in [-0.1, -0.05) is 12.1 Å².